The van der Waals surface area contributed by atoms with Gasteiger partial charge in [0.15, 0.2) is 42.3 Å². The topological polar surface area (TPSA) is 727 Å². The second-order valence-corrected chi connectivity index (χ2v) is 36.4. The van der Waals surface area contributed by atoms with E-state index in [-0.39, 0.29) is 42.1 Å². The number of nitrogens with two attached hydrogens (primary N) is 1. The zero-order chi connectivity index (χ0) is 101. The van der Waals surface area contributed by atoms with Gasteiger partial charge in [-0.25, -0.2) is 4.79 Å². The number of phenols is 3. The number of aromatic hydroxyl groups is 3. The SMILES string of the molecule is CCCCCCCCCCN[C@@]1(C)C[C@H](O[C@H]2[C@H](Oc3c4cc5cc3Oc3ccc(cc3Cl)[C@@H](O)[C@@H](NC(=O)[C@@H](CC(C)C)NC)C(=O)N[C@@H](CC(N)=O)C(=O)N[C@H]5C(=O)N[C@H]3C(=O)N[C@H](C(=O)N[C@H](C(=O)ONCCCNC(=O)[C@H](O)[C@@H](O)[C@H](O[C@@H]5O[C@H](CO)[C@H](O)[C@H](O)[C@H]5O)[C@H](O)CO)c5cc(O)cc(O)c5-c5cc3ccc5O)[C@H](O)c3ccc(c(Cl)c3)O4)O[C@H](CO)[C@@H](O)[C@@H]2O)O[C@@H](C)[C@H]1O. The molecular weight excluding hydrogens is 1880 g/mol. The molecule has 3 fully saturated rings. The lowest BCUT2D eigenvalue weighted by Gasteiger charge is -2.48. The Morgan fingerprint density at radius 3 is 1.82 bits per heavy atom. The maximum Gasteiger partial charge on any atom is 0.352 e. The highest BCUT2D eigenvalue weighted by Crippen LogP contribution is 2.51. The van der Waals surface area contributed by atoms with Gasteiger partial charge in [-0.2, -0.15) is 5.48 Å². The molecular formula is C91H123Cl2N11O35. The Labute approximate surface area is 806 Å². The second kappa shape index (κ2) is 49.0. The van der Waals surface area contributed by atoms with E-state index in [1.807, 2.05) is 0 Å². The summed E-state index contributed by atoms with van der Waals surface area (Å²) in [7, 11) is 1.46. The van der Waals surface area contributed by atoms with E-state index in [4.69, 9.17) is 71.7 Å². The van der Waals surface area contributed by atoms with Gasteiger partial charge in [0.05, 0.1) is 54.5 Å². The van der Waals surface area contributed by atoms with E-state index in [1.165, 1.54) is 19.2 Å². The Hall–Kier alpha value is -10.2. The van der Waals surface area contributed by atoms with Gasteiger partial charge < -0.3 is 183 Å². The average molecular weight is 2000 g/mol. The molecule has 13 rings (SSSR count). The maximum absolute atomic E-state index is 16.5. The molecule has 8 aliphatic heterocycles. The normalized spacial score (nSPS) is 28.9. The third-order valence-electron chi connectivity index (χ3n) is 24.8. The lowest BCUT2D eigenvalue weighted by atomic mass is 9.84. The molecule has 29 N–H and O–H groups in total. The number of aliphatic hydroxyl groups is 14. The van der Waals surface area contributed by atoms with Gasteiger partial charge >= 0.3 is 5.97 Å². The molecule has 0 unspecified atom stereocenters. The molecule has 8 amide bonds. The summed E-state index contributed by atoms with van der Waals surface area (Å²) in [6.45, 7) is 5.51. The summed E-state index contributed by atoms with van der Waals surface area (Å²) in [5, 5.41) is 213. The van der Waals surface area contributed by atoms with Crippen molar-refractivity contribution in [3.05, 3.63) is 117 Å². The fourth-order valence-electron chi connectivity index (χ4n) is 17.1. The number of halogens is 2. The van der Waals surface area contributed by atoms with E-state index in [1.54, 1.807) is 27.7 Å². The zero-order valence-corrected chi connectivity index (χ0v) is 78.1. The van der Waals surface area contributed by atoms with E-state index in [2.05, 4.69) is 60.3 Å². The fourth-order valence-corrected chi connectivity index (χ4v) is 17.5. The van der Waals surface area contributed by atoms with Crippen LogP contribution < -0.4 is 73.3 Å². The number of hydrogen-bond acceptors (Lipinski definition) is 38. The first kappa shape index (κ1) is 109. The van der Waals surface area contributed by atoms with Gasteiger partial charge in [-0.05, 0) is 129 Å². The Morgan fingerprint density at radius 2 is 1.21 bits per heavy atom. The number of hydrogen-bond donors (Lipinski definition) is 28. The van der Waals surface area contributed by atoms with E-state index in [0.29, 0.717) is 6.54 Å². The molecule has 5 aromatic carbocycles. The van der Waals surface area contributed by atoms with Crippen LogP contribution in [0.5, 0.6) is 46.0 Å². The molecule has 0 spiro atoms. The van der Waals surface area contributed by atoms with E-state index < -0.39 is 335 Å². The highest BCUT2D eigenvalue weighted by atomic mass is 35.5. The van der Waals surface area contributed by atoms with Gasteiger partial charge in [0.1, 0.15) is 132 Å². The first-order chi connectivity index (χ1) is 66.0. The number of ether oxygens (including phenoxy) is 8. The predicted molar refractivity (Wildman–Crippen MR) is 484 cm³/mol. The van der Waals surface area contributed by atoms with Crippen molar-refractivity contribution in [2.24, 2.45) is 11.7 Å². The van der Waals surface area contributed by atoms with Crippen LogP contribution >= 0.6 is 23.2 Å². The van der Waals surface area contributed by atoms with E-state index in [9.17, 15) is 106 Å². The molecule has 3 saturated heterocycles. The standard InChI is InChI=1S/C91H123Cl2N11O35/c1-7-8-9-10-11-12-13-14-23-97-91(5)34-61(131-39(4)80(91)122)136-79-73(118)71(116)59(37-107)135-90(79)138-78-56-29-43-30-57(78)133-55-21-18-42(28-48(55)93)69(114)67-86(128)102-65(88(130)139-98-24-15-22-96-87(129)75(120)74(119)77(53(111)35-105)137-89-76(121)72(117)70(115)58(36-106)134-89)46-31-44(108)32-52(110)62(46)45-26-40(16-19-51(45)109)63(83(125)104-67)101-84(126)64(43)100-82(124)50(33-60(94)112)99-85(127)66(103-81(123)49(95-6)25-38(2)3)68(113)41-17-20-54(132-56)47(92)27-41/h16-21,26-32,38-39,49-50,53,58-59,61,63-77,79-80,89-90,95,97-98,105-111,113-122H,7-15,22-25,33-37H2,1-6H3,(H2,94,112)(H,96,129)(H,99,127)(H,100,124)(H,101,126)(H,102,128)(H,103,123)(H,104,125)/t39-,49+,50-,53+,58+,59+,61-,63+,64+,65-,66+,67-,68+,69+,70-,71+,72-,73-,74+,75+,76+,77+,79+,80+,89-,90-,91-/m0/s1. The van der Waals surface area contributed by atoms with Gasteiger partial charge in [-0.3, -0.25) is 38.4 Å². The van der Waals surface area contributed by atoms with E-state index >= 15 is 24.0 Å². The molecule has 11 bridgehead atoms. The number of aliphatic hydroxyl groups excluding tert-OH is 14. The Morgan fingerprint density at radius 1 is 0.612 bits per heavy atom. The number of amides is 8. The van der Waals surface area contributed by atoms with Crippen LogP contribution in [0, 0.1) is 5.92 Å². The summed E-state index contributed by atoms with van der Waals surface area (Å²) in [6, 6.07) is -1.55. The summed E-state index contributed by atoms with van der Waals surface area (Å²) in [5.74, 6) is -17.9. The van der Waals surface area contributed by atoms with Crippen molar-refractivity contribution < 1.29 is 173 Å². The van der Waals surface area contributed by atoms with Gasteiger partial charge in [0.25, 0.3) is 5.91 Å². The Kier molecular flexibility index (Phi) is 38.5. The first-order valence-corrected chi connectivity index (χ1v) is 46.3. The number of benzene rings is 5. The van der Waals surface area contributed by atoms with Crippen molar-refractivity contribution in [1.29, 1.82) is 0 Å². The molecule has 0 aliphatic carbocycles. The van der Waals surface area contributed by atoms with Crippen molar-refractivity contribution in [3.63, 3.8) is 0 Å². The number of primary amides is 1. The maximum atomic E-state index is 16.5. The molecule has 8 heterocycles. The number of likely N-dealkylation sites (N-methyl/N-ethyl adjacent to an activating group) is 1. The largest absolute Gasteiger partial charge is 0.508 e. The molecule has 0 aromatic heterocycles. The summed E-state index contributed by atoms with van der Waals surface area (Å²) in [4.78, 5) is 140. The number of carbonyl (C=O) groups excluding carboxylic acids is 9. The van der Waals surface area contributed by atoms with Gasteiger partial charge in [0.2, 0.25) is 53.4 Å². The summed E-state index contributed by atoms with van der Waals surface area (Å²) in [5.41, 5.74) is 3.69. The minimum atomic E-state index is -2.51. The third kappa shape index (κ3) is 26.4. The van der Waals surface area contributed by atoms with Crippen molar-refractivity contribution in [1.82, 2.24) is 53.3 Å². The summed E-state index contributed by atoms with van der Waals surface area (Å²) in [6.07, 6.45) is -29.8. The van der Waals surface area contributed by atoms with Crippen LogP contribution in [0.3, 0.4) is 0 Å². The first-order valence-electron chi connectivity index (χ1n) is 45.6. The van der Waals surface area contributed by atoms with Crippen LogP contribution in [0.4, 0.5) is 0 Å². The van der Waals surface area contributed by atoms with Crippen LogP contribution in [0.2, 0.25) is 10.0 Å². The lowest BCUT2D eigenvalue weighted by Crippen LogP contribution is -2.65. The van der Waals surface area contributed by atoms with Gasteiger partial charge in [-0.15, -0.1) is 0 Å². The monoisotopic (exact) mass is 2000 g/mol. The zero-order valence-electron chi connectivity index (χ0n) is 76.6. The molecule has 0 radical (unpaired) electrons. The van der Waals surface area contributed by atoms with Crippen LogP contribution in [0.25, 0.3) is 11.1 Å². The predicted octanol–water partition coefficient (Wildman–Crippen LogP) is -2.39. The minimum Gasteiger partial charge on any atom is -0.508 e. The molecule has 0 saturated carbocycles. The molecule has 766 valence electrons. The van der Waals surface area contributed by atoms with Crippen molar-refractivity contribution in [3.8, 4) is 57.1 Å². The Balaban J connectivity index is 1.01. The van der Waals surface area contributed by atoms with Crippen molar-refractivity contribution in [2.75, 3.05) is 46.5 Å². The molecule has 46 nitrogen and oxygen atoms in total. The number of phenolic OH excluding ortho intramolecular Hbond substituents is 3. The fraction of sp³-hybridized carbons (Fsp3) is 0.571. The third-order valence-corrected chi connectivity index (χ3v) is 25.4. The van der Waals surface area contributed by atoms with Gasteiger partial charge in [-0.1, -0.05) is 107 Å². The quantitative estimate of drug-likeness (QED) is 0.0147. The number of rotatable bonds is 36. The van der Waals surface area contributed by atoms with Crippen molar-refractivity contribution >= 4 is 76.4 Å². The second-order valence-electron chi connectivity index (χ2n) is 35.6. The Bertz CT molecular complexity index is 5130. The van der Waals surface area contributed by atoms with E-state index in [0.717, 1.165) is 118 Å². The minimum absolute atomic E-state index is 0.124. The van der Waals surface area contributed by atoms with Crippen molar-refractivity contribution in [2.45, 2.75) is 276 Å². The van der Waals surface area contributed by atoms with Gasteiger partial charge in [0, 0.05) is 47.8 Å². The smallest absolute Gasteiger partial charge is 0.352 e. The average Bonchev–Trinajstić information content (AvgIpc) is 0.761. The molecule has 5 aromatic rings. The highest BCUT2D eigenvalue weighted by Gasteiger charge is 2.54. The molecule has 139 heavy (non-hydrogen) atoms. The number of unbranched alkanes of at least 4 members (excludes halogenated alkanes) is 7. The highest BCUT2D eigenvalue weighted by molar-refractivity contribution is 6.32. The number of hydroxylamine groups is 1. The van der Waals surface area contributed by atoms with Crippen LogP contribution in [-0.4, -0.2) is 321 Å². The molecule has 8 aliphatic rings. The molecule has 27 atom stereocenters. The lowest BCUT2D eigenvalue weighted by molar-refractivity contribution is -0.334. The summed E-state index contributed by atoms with van der Waals surface area (Å²) >= 11 is 14.4. The van der Waals surface area contributed by atoms with Crippen LogP contribution in [0.15, 0.2) is 78.9 Å². The number of carbonyl (C=O) groups is 9. The van der Waals surface area contributed by atoms with Crippen LogP contribution in [0.1, 0.15) is 170 Å². The van der Waals surface area contributed by atoms with Crippen LogP contribution in [-0.2, 0) is 71.7 Å². The molecule has 48 heteroatoms. The number of nitrogens with one attached hydrogen (secondary N) is 10. The number of fused-ring (bicyclic) bond motifs is 15. The summed E-state index contributed by atoms with van der Waals surface area (Å²) < 4.78 is 50.2.